The van der Waals surface area contributed by atoms with Crippen LogP contribution in [0.1, 0.15) is 71.4 Å². The van der Waals surface area contributed by atoms with Crippen LogP contribution in [0.25, 0.3) is 11.1 Å². The van der Waals surface area contributed by atoms with Crippen molar-refractivity contribution in [1.29, 1.82) is 5.26 Å². The number of nitrogens with one attached hydrogen (secondary N) is 2. The Kier molecular flexibility index (Phi) is 8.25. The predicted molar refractivity (Wildman–Crippen MR) is 155 cm³/mol. The normalized spacial score (nSPS) is 20.4. The highest BCUT2D eigenvalue weighted by atomic mass is 16.6. The van der Waals surface area contributed by atoms with Gasteiger partial charge in [0.2, 0.25) is 11.8 Å². The monoisotopic (exact) mass is 544 g/mol. The van der Waals surface area contributed by atoms with Gasteiger partial charge in [0.25, 0.3) is 0 Å². The Morgan fingerprint density at radius 1 is 1.12 bits per heavy atom. The molecular weight excluding hydrogens is 504 g/mol. The van der Waals surface area contributed by atoms with Crippen LogP contribution in [0.4, 0.5) is 10.5 Å². The average Bonchev–Trinajstić information content (AvgIpc) is 3.38. The van der Waals surface area contributed by atoms with Crippen LogP contribution in [0.15, 0.2) is 42.5 Å². The summed E-state index contributed by atoms with van der Waals surface area (Å²) in [7, 11) is 1.81. The molecule has 1 aliphatic heterocycles. The smallest absolute Gasteiger partial charge is 0.407 e. The summed E-state index contributed by atoms with van der Waals surface area (Å²) in [4.78, 5) is 39.1. The van der Waals surface area contributed by atoms with Crippen LogP contribution in [-0.4, -0.2) is 42.6 Å². The molecule has 1 saturated carbocycles. The lowest BCUT2D eigenvalue weighted by Gasteiger charge is -2.21. The van der Waals surface area contributed by atoms with Crippen LogP contribution in [0.5, 0.6) is 0 Å². The number of amides is 3. The Bertz CT molecular complexity index is 1320. The lowest BCUT2D eigenvalue weighted by atomic mass is 9.85. The van der Waals surface area contributed by atoms with E-state index in [1.54, 1.807) is 4.90 Å². The standard InChI is InChI=1S/C32H40N4O4/c1-31(2,3)40-30(39)35-24-13-9-21(16-24)17-28(37)34-25(19-33)15-20-7-10-22(11-8-20)23-12-14-26-27(18-23)36(6)29(38)32(26,4)5/h7-8,10-12,14,18,21,24-25H,9,13,15-17H2,1-6H3,(H,34,37)(H,35,39). The largest absolute Gasteiger partial charge is 0.444 e. The first-order valence-corrected chi connectivity index (χ1v) is 14.0. The van der Waals surface area contributed by atoms with E-state index in [1.807, 2.05) is 84.1 Å². The second kappa shape index (κ2) is 11.3. The van der Waals surface area contributed by atoms with Gasteiger partial charge in [0.05, 0.1) is 11.5 Å². The molecule has 40 heavy (non-hydrogen) atoms. The van der Waals surface area contributed by atoms with Crippen LogP contribution in [0.3, 0.4) is 0 Å². The van der Waals surface area contributed by atoms with E-state index in [1.165, 1.54) is 0 Å². The van der Waals surface area contributed by atoms with Gasteiger partial charge in [-0.2, -0.15) is 5.26 Å². The lowest BCUT2D eigenvalue weighted by Crippen LogP contribution is -2.38. The summed E-state index contributed by atoms with van der Waals surface area (Å²) in [5, 5.41) is 15.5. The fourth-order valence-electron chi connectivity index (χ4n) is 5.74. The van der Waals surface area contributed by atoms with Crippen LogP contribution < -0.4 is 15.5 Å². The third-order valence-electron chi connectivity index (χ3n) is 7.83. The summed E-state index contributed by atoms with van der Waals surface area (Å²) in [5.74, 6) is 0.0985. The summed E-state index contributed by atoms with van der Waals surface area (Å²) in [6.45, 7) is 9.37. The number of ether oxygens (including phenoxy) is 1. The van der Waals surface area contributed by atoms with E-state index in [0.717, 1.165) is 47.2 Å². The van der Waals surface area contributed by atoms with E-state index in [9.17, 15) is 19.6 Å². The molecule has 212 valence electrons. The van der Waals surface area contributed by atoms with E-state index < -0.39 is 23.2 Å². The quantitative estimate of drug-likeness (QED) is 0.495. The summed E-state index contributed by atoms with van der Waals surface area (Å²) >= 11 is 0. The fraction of sp³-hybridized carbons (Fsp3) is 0.500. The Morgan fingerprint density at radius 2 is 1.80 bits per heavy atom. The van der Waals surface area contributed by atoms with Crippen molar-refractivity contribution >= 4 is 23.6 Å². The summed E-state index contributed by atoms with van der Waals surface area (Å²) in [6.07, 6.45) is 2.67. The Balaban J connectivity index is 1.29. The van der Waals surface area contributed by atoms with Crippen LogP contribution in [0, 0.1) is 17.2 Å². The van der Waals surface area contributed by atoms with Gasteiger partial charge in [0.15, 0.2) is 0 Å². The van der Waals surface area contributed by atoms with Crippen molar-refractivity contribution in [3.05, 3.63) is 53.6 Å². The van der Waals surface area contributed by atoms with E-state index >= 15 is 0 Å². The second-order valence-corrected chi connectivity index (χ2v) is 12.6. The molecule has 2 N–H and O–H groups in total. The van der Waals surface area contributed by atoms with Crippen molar-refractivity contribution in [2.24, 2.45) is 5.92 Å². The molecule has 3 unspecified atom stereocenters. The molecule has 0 spiro atoms. The van der Waals surface area contributed by atoms with Crippen LogP contribution >= 0.6 is 0 Å². The molecule has 2 aromatic rings. The van der Waals surface area contributed by atoms with Gasteiger partial charge in [-0.15, -0.1) is 0 Å². The van der Waals surface area contributed by atoms with Crippen molar-refractivity contribution in [3.63, 3.8) is 0 Å². The first-order valence-electron chi connectivity index (χ1n) is 14.0. The SMILES string of the molecule is CN1C(=O)C(C)(C)c2ccc(-c3ccc(CC(C#N)NC(=O)CC4CCC(NC(=O)OC(C)(C)C)C4)cc3)cc21. The maximum Gasteiger partial charge on any atom is 0.407 e. The number of likely N-dealkylation sites (N-methyl/N-ethyl adjacent to an activating group) is 1. The minimum absolute atomic E-state index is 0.00372. The number of nitrogens with zero attached hydrogens (tertiary/aromatic N) is 2. The first kappa shape index (κ1) is 29.1. The highest BCUT2D eigenvalue weighted by molar-refractivity contribution is 6.07. The molecule has 4 rings (SSSR count). The number of hydrogen-bond donors (Lipinski definition) is 2. The summed E-state index contributed by atoms with van der Waals surface area (Å²) in [5.41, 5.74) is 3.87. The summed E-state index contributed by atoms with van der Waals surface area (Å²) < 4.78 is 5.33. The number of anilines is 1. The molecule has 1 fully saturated rings. The third kappa shape index (κ3) is 6.64. The molecule has 2 aliphatic rings. The van der Waals surface area contributed by atoms with Gasteiger partial charge in [-0.1, -0.05) is 36.4 Å². The molecule has 1 heterocycles. The Hall–Kier alpha value is -3.86. The molecule has 8 heteroatoms. The highest BCUT2D eigenvalue weighted by Gasteiger charge is 2.42. The number of carbonyl (C=O) groups excluding carboxylic acids is 3. The number of nitriles is 1. The molecule has 1 aliphatic carbocycles. The molecule has 3 atom stereocenters. The number of hydrogen-bond acceptors (Lipinski definition) is 5. The lowest BCUT2D eigenvalue weighted by molar-refractivity contribution is -0.122. The van der Waals surface area contributed by atoms with Crippen molar-refractivity contribution in [3.8, 4) is 17.2 Å². The molecular formula is C32H40N4O4. The van der Waals surface area contributed by atoms with E-state index in [2.05, 4.69) is 16.7 Å². The van der Waals surface area contributed by atoms with Crippen LogP contribution in [-0.2, 0) is 26.2 Å². The number of fused-ring (bicyclic) bond motifs is 1. The molecule has 0 saturated heterocycles. The fourth-order valence-corrected chi connectivity index (χ4v) is 5.74. The zero-order chi connectivity index (χ0) is 29.2. The van der Waals surface area contributed by atoms with Gasteiger partial charge in [0, 0.05) is 31.6 Å². The summed E-state index contributed by atoms with van der Waals surface area (Å²) in [6, 6.07) is 15.7. The molecule has 2 aromatic carbocycles. The van der Waals surface area contributed by atoms with Crippen molar-refractivity contribution in [2.75, 3.05) is 11.9 Å². The maximum absolute atomic E-state index is 12.7. The van der Waals surface area contributed by atoms with Crippen molar-refractivity contribution in [1.82, 2.24) is 10.6 Å². The van der Waals surface area contributed by atoms with E-state index in [0.29, 0.717) is 12.8 Å². The maximum atomic E-state index is 12.7. The number of benzene rings is 2. The Labute approximate surface area is 237 Å². The molecule has 8 nitrogen and oxygen atoms in total. The Morgan fingerprint density at radius 3 is 2.45 bits per heavy atom. The van der Waals surface area contributed by atoms with Gasteiger partial charge >= 0.3 is 6.09 Å². The minimum Gasteiger partial charge on any atom is -0.444 e. The molecule has 3 amide bonds. The number of alkyl carbamates (subject to hydrolysis) is 1. The van der Waals surface area contributed by atoms with E-state index in [4.69, 9.17) is 4.74 Å². The number of carbonyl (C=O) groups is 3. The average molecular weight is 545 g/mol. The number of rotatable bonds is 7. The molecule has 0 aromatic heterocycles. The van der Waals surface area contributed by atoms with Crippen molar-refractivity contribution < 1.29 is 19.1 Å². The van der Waals surface area contributed by atoms with Gasteiger partial charge in [0.1, 0.15) is 11.6 Å². The van der Waals surface area contributed by atoms with Crippen molar-refractivity contribution in [2.45, 2.75) is 89.8 Å². The van der Waals surface area contributed by atoms with E-state index in [-0.39, 0.29) is 23.8 Å². The first-order chi connectivity index (χ1) is 18.8. The third-order valence-corrected chi connectivity index (χ3v) is 7.83. The van der Waals surface area contributed by atoms with Gasteiger partial charge < -0.3 is 20.3 Å². The zero-order valence-corrected chi connectivity index (χ0v) is 24.3. The van der Waals surface area contributed by atoms with Gasteiger partial charge in [-0.3, -0.25) is 9.59 Å². The molecule has 0 radical (unpaired) electrons. The zero-order valence-electron chi connectivity index (χ0n) is 24.3. The highest BCUT2D eigenvalue weighted by Crippen LogP contribution is 2.42. The van der Waals surface area contributed by atoms with Gasteiger partial charge in [-0.25, -0.2) is 4.79 Å². The topological polar surface area (TPSA) is 112 Å². The second-order valence-electron chi connectivity index (χ2n) is 12.6. The minimum atomic E-state index is -0.627. The van der Waals surface area contributed by atoms with Crippen LogP contribution in [0.2, 0.25) is 0 Å². The molecule has 0 bridgehead atoms. The van der Waals surface area contributed by atoms with Gasteiger partial charge in [-0.05, 0) is 88.1 Å². The predicted octanol–water partition coefficient (Wildman–Crippen LogP) is 5.24.